The highest BCUT2D eigenvalue weighted by Gasteiger charge is 2.42. The zero-order chi connectivity index (χ0) is 36.8. The van der Waals surface area contributed by atoms with Crippen LogP contribution in [-0.2, 0) is 27.8 Å². The van der Waals surface area contributed by atoms with E-state index in [1.54, 1.807) is 67.6 Å². The van der Waals surface area contributed by atoms with Crippen LogP contribution in [0.2, 0.25) is 0 Å². The number of benzene rings is 2. The van der Waals surface area contributed by atoms with E-state index in [9.17, 15) is 29.1 Å². The largest absolute Gasteiger partial charge is 0.456 e. The normalized spacial score (nSPS) is 23.3. The van der Waals surface area contributed by atoms with E-state index in [0.29, 0.717) is 11.1 Å². The molecule has 2 aromatic carbocycles. The van der Waals surface area contributed by atoms with Gasteiger partial charge < -0.3 is 38.2 Å². The molecule has 18 heteroatoms. The van der Waals surface area contributed by atoms with Crippen molar-refractivity contribution in [1.29, 1.82) is 0 Å². The van der Waals surface area contributed by atoms with Crippen LogP contribution in [0.3, 0.4) is 0 Å². The zero-order valence-corrected chi connectivity index (χ0v) is 28.9. The minimum absolute atomic E-state index is 0.0561. The van der Waals surface area contributed by atoms with Gasteiger partial charge in [-0.3, -0.25) is 23.7 Å². The quantitative estimate of drug-likeness (QED) is 0.133. The Balaban J connectivity index is 1.11. The summed E-state index contributed by atoms with van der Waals surface area (Å²) in [4.78, 5) is 69.2. The van der Waals surface area contributed by atoms with Crippen molar-refractivity contribution in [2.75, 3.05) is 25.6 Å². The molecule has 0 spiro atoms. The van der Waals surface area contributed by atoms with Gasteiger partial charge in [-0.2, -0.15) is 4.98 Å². The molecule has 0 aliphatic carbocycles. The molecule has 1 unspecified atom stereocenters. The highest BCUT2D eigenvalue weighted by atomic mass is 31.2. The minimum atomic E-state index is -2.10. The summed E-state index contributed by atoms with van der Waals surface area (Å²) < 4.78 is 37.8. The number of carbonyl (C=O) groups is 2. The maximum Gasteiger partial charge on any atom is 0.351 e. The third-order valence-electron chi connectivity index (χ3n) is 8.40. The Bertz CT molecular complexity index is 2040. The summed E-state index contributed by atoms with van der Waals surface area (Å²) in [5, 5.41) is 12.7. The van der Waals surface area contributed by atoms with Crippen LogP contribution in [0.4, 0.5) is 5.82 Å². The molecule has 4 aromatic rings. The summed E-state index contributed by atoms with van der Waals surface area (Å²) in [5.74, 6) is -0.976. The number of amides is 1. The number of anilines is 1. The Morgan fingerprint density at radius 2 is 1.60 bits per heavy atom. The Morgan fingerprint density at radius 3 is 2.27 bits per heavy atom. The highest BCUT2D eigenvalue weighted by molar-refractivity contribution is 7.41. The molecule has 6 rings (SSSR count). The van der Waals surface area contributed by atoms with E-state index in [2.05, 4.69) is 15.3 Å². The van der Waals surface area contributed by atoms with Crippen LogP contribution in [-0.4, -0.2) is 80.8 Å². The fourth-order valence-electron chi connectivity index (χ4n) is 5.72. The molecular formula is C34H36N5O12P. The van der Waals surface area contributed by atoms with Crippen molar-refractivity contribution in [1.82, 2.24) is 19.1 Å². The predicted octanol–water partition coefficient (Wildman–Crippen LogP) is 2.42. The summed E-state index contributed by atoms with van der Waals surface area (Å²) in [6.07, 6.45) is -2.17. The van der Waals surface area contributed by atoms with E-state index in [0.717, 1.165) is 0 Å². The molecule has 0 bridgehead atoms. The standard InChI is InChI=1S/C34H36N5O12P/c1-20-17-39(34(45)37-30(20)41)29-15-23(50-32(43)22-11-7-4-8-12-22)26(49-29)19-47-52(46-2)51-24-16-28(48-25(24)18-40)38-14-13-27(36-33(38)44)35-31(42)21-9-5-3-6-10-21/h3-14,17,23-26,28-29,40H,15-16,18-19H2,1-2H3,(H,37,41,45)(H,35,36,42,44)/t23-,24-,25+,26+,28+,29+,52?/m0/s1. The van der Waals surface area contributed by atoms with Gasteiger partial charge in [-0.05, 0) is 37.3 Å². The molecule has 4 heterocycles. The van der Waals surface area contributed by atoms with Gasteiger partial charge in [0.1, 0.15) is 36.6 Å². The fourth-order valence-corrected chi connectivity index (χ4v) is 6.69. The molecule has 0 radical (unpaired) electrons. The lowest BCUT2D eigenvalue weighted by molar-refractivity contribution is -0.0568. The lowest BCUT2D eigenvalue weighted by Crippen LogP contribution is -2.33. The molecule has 2 aromatic heterocycles. The SMILES string of the molecule is COP(OC[C@H]1O[C@@H](n2cc(C)c(=O)[nH]c2=O)C[C@@H]1OC(=O)c1ccccc1)O[C@H]1C[C@H](n2ccc(NC(=O)c3ccccc3)nc2=O)O[C@@H]1CO. The van der Waals surface area contributed by atoms with Gasteiger partial charge in [0.2, 0.25) is 0 Å². The first-order chi connectivity index (χ1) is 25.1. The number of nitrogens with one attached hydrogen (secondary N) is 2. The summed E-state index contributed by atoms with van der Waals surface area (Å²) >= 11 is 0. The molecule has 2 aliphatic rings. The number of aliphatic hydroxyl groups excluding tert-OH is 1. The third-order valence-corrected chi connectivity index (χ3v) is 9.50. The number of H-pyrrole nitrogens is 1. The monoisotopic (exact) mass is 737 g/mol. The lowest BCUT2D eigenvalue weighted by Gasteiger charge is -2.24. The van der Waals surface area contributed by atoms with Crippen LogP contribution in [0.25, 0.3) is 0 Å². The van der Waals surface area contributed by atoms with Crippen molar-refractivity contribution in [2.24, 2.45) is 0 Å². The first-order valence-electron chi connectivity index (χ1n) is 16.2. The van der Waals surface area contributed by atoms with Crippen LogP contribution in [0, 0.1) is 6.92 Å². The Labute approximate surface area is 297 Å². The molecule has 52 heavy (non-hydrogen) atoms. The highest BCUT2D eigenvalue weighted by Crippen LogP contribution is 2.45. The molecule has 3 N–H and O–H groups in total. The molecule has 17 nitrogen and oxygen atoms in total. The van der Waals surface area contributed by atoms with E-state index < -0.39 is 80.9 Å². The van der Waals surface area contributed by atoms with E-state index >= 15 is 0 Å². The van der Waals surface area contributed by atoms with E-state index in [4.69, 9.17) is 27.8 Å². The molecule has 274 valence electrons. The second kappa shape index (κ2) is 16.6. The number of nitrogens with zero attached hydrogens (tertiary/aromatic N) is 3. The van der Waals surface area contributed by atoms with Gasteiger partial charge in [0.15, 0.2) is 0 Å². The molecule has 0 saturated carbocycles. The number of hydrogen-bond donors (Lipinski definition) is 3. The van der Waals surface area contributed by atoms with Gasteiger partial charge >= 0.3 is 26.0 Å². The third kappa shape index (κ3) is 8.59. The second-order valence-electron chi connectivity index (χ2n) is 11.9. The minimum Gasteiger partial charge on any atom is -0.456 e. The van der Waals surface area contributed by atoms with Gasteiger partial charge in [0.05, 0.1) is 24.9 Å². The topological polar surface area (TPSA) is 212 Å². The van der Waals surface area contributed by atoms with Crippen molar-refractivity contribution in [3.8, 4) is 0 Å². The van der Waals surface area contributed by atoms with Crippen molar-refractivity contribution < 1.29 is 42.5 Å². The summed E-state index contributed by atoms with van der Waals surface area (Å²) in [6.45, 7) is 0.908. The summed E-state index contributed by atoms with van der Waals surface area (Å²) in [7, 11) is -0.738. The number of hydrogen-bond acceptors (Lipinski definition) is 13. The van der Waals surface area contributed by atoms with Crippen LogP contribution in [0.15, 0.2) is 93.5 Å². The van der Waals surface area contributed by atoms with Crippen LogP contribution in [0.5, 0.6) is 0 Å². The average molecular weight is 738 g/mol. The van der Waals surface area contributed by atoms with Gasteiger partial charge in [0.25, 0.3) is 11.5 Å². The predicted molar refractivity (Wildman–Crippen MR) is 183 cm³/mol. The maximum absolute atomic E-state index is 13.0. The number of aromatic nitrogens is 4. The molecule has 7 atom stereocenters. The molecule has 1 amide bonds. The van der Waals surface area contributed by atoms with Gasteiger partial charge in [-0.1, -0.05) is 36.4 Å². The Morgan fingerprint density at radius 1 is 0.942 bits per heavy atom. The molecular weight excluding hydrogens is 701 g/mol. The van der Waals surface area contributed by atoms with Crippen LogP contribution < -0.4 is 22.3 Å². The first-order valence-corrected chi connectivity index (χ1v) is 17.3. The smallest absolute Gasteiger partial charge is 0.351 e. The fraction of sp³-hybridized carbons (Fsp3) is 0.353. The van der Waals surface area contributed by atoms with Gasteiger partial charge in [0, 0.05) is 43.5 Å². The number of aryl methyl sites for hydroxylation is 1. The molecule has 2 fully saturated rings. The van der Waals surface area contributed by atoms with Crippen molar-refractivity contribution in [3.63, 3.8) is 0 Å². The molecule has 2 aliphatic heterocycles. The van der Waals surface area contributed by atoms with Gasteiger partial charge in [-0.25, -0.2) is 14.4 Å². The van der Waals surface area contributed by atoms with Crippen LogP contribution in [0.1, 0.15) is 51.6 Å². The number of carbonyl (C=O) groups excluding carboxylic acids is 2. The van der Waals surface area contributed by atoms with E-state index in [1.165, 1.54) is 34.7 Å². The maximum atomic E-state index is 13.0. The molecule has 2 saturated heterocycles. The number of aliphatic hydroxyl groups is 1. The van der Waals surface area contributed by atoms with Crippen molar-refractivity contribution >= 4 is 26.3 Å². The average Bonchev–Trinajstić information content (AvgIpc) is 3.75. The number of esters is 1. The van der Waals surface area contributed by atoms with E-state index in [-0.39, 0.29) is 30.8 Å². The Hall–Kier alpha value is -4.87. The summed E-state index contributed by atoms with van der Waals surface area (Å²) in [5.41, 5.74) is -0.909. The number of ether oxygens (including phenoxy) is 3. The zero-order valence-electron chi connectivity index (χ0n) is 28.0. The van der Waals surface area contributed by atoms with Crippen molar-refractivity contribution in [2.45, 2.75) is 56.6 Å². The lowest BCUT2D eigenvalue weighted by atomic mass is 10.1. The second-order valence-corrected chi connectivity index (χ2v) is 13.2. The first kappa shape index (κ1) is 36.9. The number of aromatic amines is 1. The van der Waals surface area contributed by atoms with Crippen molar-refractivity contribution in [3.05, 3.63) is 127 Å². The summed E-state index contributed by atoms with van der Waals surface area (Å²) in [6, 6.07) is 18.3. The van der Waals surface area contributed by atoms with Crippen LogP contribution >= 0.6 is 8.60 Å². The Kier molecular flexibility index (Phi) is 11.8. The van der Waals surface area contributed by atoms with E-state index in [1.807, 2.05) is 0 Å². The van der Waals surface area contributed by atoms with Gasteiger partial charge in [-0.15, -0.1) is 0 Å². The number of rotatable bonds is 13.